The molecule has 0 heterocycles. The Balaban J connectivity index is 3.06. The molecule has 4 nitrogen and oxygen atoms in total. The maximum absolute atomic E-state index is 12.4. The third kappa shape index (κ3) is 4.79. The van der Waals surface area contributed by atoms with Gasteiger partial charge in [-0.1, -0.05) is 43.4 Å². The molecule has 0 spiro atoms. The van der Waals surface area contributed by atoms with E-state index in [0.29, 0.717) is 12.0 Å². The summed E-state index contributed by atoms with van der Waals surface area (Å²) in [6, 6.07) is 5.52. The molecule has 1 aromatic rings. The van der Waals surface area contributed by atoms with Gasteiger partial charge in [0.25, 0.3) is 10.1 Å². The summed E-state index contributed by atoms with van der Waals surface area (Å²) in [5.41, 5.74) is 2.46. The highest BCUT2D eigenvalue weighted by atomic mass is 32.2. The van der Waals surface area contributed by atoms with Gasteiger partial charge < -0.3 is 0 Å². The van der Waals surface area contributed by atoms with Crippen LogP contribution in [0.4, 0.5) is 0 Å². The first-order chi connectivity index (χ1) is 10.2. The van der Waals surface area contributed by atoms with Crippen molar-refractivity contribution in [3.63, 3.8) is 0 Å². The summed E-state index contributed by atoms with van der Waals surface area (Å²) in [5.74, 6) is -0.274. The van der Waals surface area contributed by atoms with Gasteiger partial charge in [0.15, 0.2) is 5.78 Å². The number of carbonyl (C=O) groups is 1. The summed E-state index contributed by atoms with van der Waals surface area (Å²) in [4.78, 5) is 12.1. The van der Waals surface area contributed by atoms with E-state index in [4.69, 9.17) is 4.55 Å². The van der Waals surface area contributed by atoms with E-state index in [0.717, 1.165) is 11.1 Å². The first-order valence-electron chi connectivity index (χ1n) is 6.83. The molecule has 22 heavy (non-hydrogen) atoms. The van der Waals surface area contributed by atoms with Crippen molar-refractivity contribution in [2.24, 2.45) is 0 Å². The van der Waals surface area contributed by atoms with E-state index in [1.165, 1.54) is 18.2 Å². The quantitative estimate of drug-likeness (QED) is 0.375. The monoisotopic (exact) mass is 320 g/mol. The third-order valence-corrected chi connectivity index (χ3v) is 3.98. The van der Waals surface area contributed by atoms with Gasteiger partial charge in [-0.05, 0) is 38.0 Å². The number of aryl methyl sites for hydroxylation is 2. The molecule has 0 radical (unpaired) electrons. The fraction of sp³-hybridized carbons (Fsp3) is 0.235. The molecule has 1 aromatic carbocycles. The number of hydrogen-bond donors (Lipinski definition) is 1. The number of rotatable bonds is 6. The Labute approximate surface area is 131 Å². The molecular formula is C17H20O4S. The van der Waals surface area contributed by atoms with Crippen molar-refractivity contribution in [1.82, 2.24) is 0 Å². The van der Waals surface area contributed by atoms with Gasteiger partial charge in [0.2, 0.25) is 0 Å². The Kier molecular flexibility index (Phi) is 6.02. The lowest BCUT2D eigenvalue weighted by atomic mass is 9.98. The van der Waals surface area contributed by atoms with Gasteiger partial charge in [0.05, 0.1) is 4.91 Å². The van der Waals surface area contributed by atoms with Gasteiger partial charge in [0, 0.05) is 11.1 Å². The van der Waals surface area contributed by atoms with Gasteiger partial charge in [0.1, 0.15) is 0 Å². The number of Topliss-reactive ketones (excluding diaryl/α,β-unsaturated/α-hetero) is 1. The van der Waals surface area contributed by atoms with Crippen molar-refractivity contribution < 1.29 is 17.8 Å². The third-order valence-electron chi connectivity index (χ3n) is 3.08. The largest absolute Gasteiger partial charge is 0.294 e. The van der Waals surface area contributed by atoms with Crippen LogP contribution in [0.1, 0.15) is 34.8 Å². The van der Waals surface area contributed by atoms with Crippen LogP contribution < -0.4 is 0 Å². The van der Waals surface area contributed by atoms with Gasteiger partial charge in [-0.2, -0.15) is 8.42 Å². The minimum atomic E-state index is -4.31. The molecular weight excluding hydrogens is 300 g/mol. The van der Waals surface area contributed by atoms with E-state index in [2.05, 4.69) is 6.58 Å². The van der Waals surface area contributed by atoms with Crippen molar-refractivity contribution in [2.75, 3.05) is 0 Å². The number of carbonyl (C=O) groups excluding carboxylic acids is 1. The van der Waals surface area contributed by atoms with E-state index < -0.39 is 10.1 Å². The second-order valence-corrected chi connectivity index (χ2v) is 6.42. The van der Waals surface area contributed by atoms with E-state index >= 15 is 0 Å². The average molecular weight is 320 g/mol. The van der Waals surface area contributed by atoms with E-state index in [1.807, 2.05) is 26.0 Å². The highest BCUT2D eigenvalue weighted by molar-refractivity contribution is 7.90. The van der Waals surface area contributed by atoms with Gasteiger partial charge in [-0.15, -0.1) is 0 Å². The van der Waals surface area contributed by atoms with Crippen molar-refractivity contribution >= 4 is 15.9 Å². The molecule has 0 unspecified atom stereocenters. The molecule has 118 valence electrons. The zero-order valence-corrected chi connectivity index (χ0v) is 13.8. The highest BCUT2D eigenvalue weighted by Crippen LogP contribution is 2.16. The zero-order valence-electron chi connectivity index (χ0n) is 13.0. The van der Waals surface area contributed by atoms with Crippen LogP contribution in [0.15, 0.2) is 53.5 Å². The smallest absolute Gasteiger partial charge is 0.289 e. The Bertz CT molecular complexity index is 753. The lowest BCUT2D eigenvalue weighted by Gasteiger charge is -2.06. The molecule has 0 amide bonds. The van der Waals surface area contributed by atoms with Crippen LogP contribution in [0.5, 0.6) is 0 Å². The highest BCUT2D eigenvalue weighted by Gasteiger charge is 2.13. The second kappa shape index (κ2) is 7.33. The number of benzene rings is 1. The maximum Gasteiger partial charge on any atom is 0.294 e. The van der Waals surface area contributed by atoms with Gasteiger partial charge in [-0.25, -0.2) is 0 Å². The molecule has 0 saturated heterocycles. The van der Waals surface area contributed by atoms with Crippen molar-refractivity contribution in [2.45, 2.75) is 27.2 Å². The van der Waals surface area contributed by atoms with Crippen LogP contribution in [-0.4, -0.2) is 18.8 Å². The van der Waals surface area contributed by atoms with E-state index in [-0.39, 0.29) is 16.3 Å². The molecule has 1 N–H and O–H groups in total. The summed E-state index contributed by atoms with van der Waals surface area (Å²) in [6.07, 6.45) is 4.29. The molecule has 0 aliphatic carbocycles. The van der Waals surface area contributed by atoms with E-state index in [1.54, 1.807) is 13.0 Å². The standard InChI is InChI=1S/C17H20O4S/c1-5-6-15(22(19,20)21)10-9-14(4)17(18)16-11-12(2)7-8-13(16)3/h6-11H,4-5H2,1-3H3,(H,19,20,21)/b10-9-,15-6+. The Morgan fingerprint density at radius 1 is 1.27 bits per heavy atom. The Morgan fingerprint density at radius 2 is 1.91 bits per heavy atom. The van der Waals surface area contributed by atoms with Crippen molar-refractivity contribution in [3.8, 4) is 0 Å². The van der Waals surface area contributed by atoms with Crippen LogP contribution in [0.25, 0.3) is 0 Å². The molecule has 1 rings (SSSR count). The predicted octanol–water partition coefficient (Wildman–Crippen LogP) is 3.78. The maximum atomic E-state index is 12.4. The zero-order chi connectivity index (χ0) is 16.9. The molecule has 0 bridgehead atoms. The van der Waals surface area contributed by atoms with Crippen LogP contribution in [0.3, 0.4) is 0 Å². The molecule has 0 aromatic heterocycles. The number of allylic oxidation sites excluding steroid dienone is 4. The summed E-state index contributed by atoms with van der Waals surface area (Å²) < 4.78 is 31.5. The topological polar surface area (TPSA) is 71.4 Å². The lowest BCUT2D eigenvalue weighted by Crippen LogP contribution is -2.04. The van der Waals surface area contributed by atoms with Gasteiger partial charge >= 0.3 is 0 Å². The average Bonchev–Trinajstić information content (AvgIpc) is 2.43. The SMILES string of the molecule is C=C(/C=C\C(=C/CC)S(=O)(=O)O)C(=O)c1cc(C)ccc1C. The summed E-state index contributed by atoms with van der Waals surface area (Å²) in [5, 5.41) is 0. The van der Waals surface area contributed by atoms with Crippen LogP contribution in [0.2, 0.25) is 0 Å². The van der Waals surface area contributed by atoms with Gasteiger partial charge in [-0.3, -0.25) is 9.35 Å². The predicted molar refractivity (Wildman–Crippen MR) is 88.4 cm³/mol. The molecule has 0 fully saturated rings. The molecule has 0 atom stereocenters. The first kappa shape index (κ1) is 18.1. The Morgan fingerprint density at radius 3 is 2.45 bits per heavy atom. The summed E-state index contributed by atoms with van der Waals surface area (Å²) in [7, 11) is -4.31. The van der Waals surface area contributed by atoms with Crippen LogP contribution >= 0.6 is 0 Å². The molecule has 5 heteroatoms. The van der Waals surface area contributed by atoms with Crippen molar-refractivity contribution in [3.05, 3.63) is 70.2 Å². The minimum Gasteiger partial charge on any atom is -0.289 e. The fourth-order valence-electron chi connectivity index (χ4n) is 1.87. The molecule has 0 aliphatic rings. The number of hydrogen-bond acceptors (Lipinski definition) is 3. The Hall–Kier alpha value is -1.98. The van der Waals surface area contributed by atoms with Crippen LogP contribution in [-0.2, 0) is 10.1 Å². The van der Waals surface area contributed by atoms with E-state index in [9.17, 15) is 13.2 Å². The van der Waals surface area contributed by atoms with Crippen molar-refractivity contribution in [1.29, 1.82) is 0 Å². The summed E-state index contributed by atoms with van der Waals surface area (Å²) >= 11 is 0. The summed E-state index contributed by atoms with van der Waals surface area (Å²) in [6.45, 7) is 9.13. The normalized spacial score (nSPS) is 12.6. The number of ketones is 1. The van der Waals surface area contributed by atoms with Crippen LogP contribution in [0, 0.1) is 13.8 Å². The fourth-order valence-corrected chi connectivity index (χ4v) is 2.49. The second-order valence-electron chi connectivity index (χ2n) is 5.00. The molecule has 0 saturated carbocycles. The minimum absolute atomic E-state index is 0.152. The first-order valence-corrected chi connectivity index (χ1v) is 8.27. The molecule has 0 aliphatic heterocycles. The lowest BCUT2D eigenvalue weighted by molar-refractivity contribution is 0.103.